The van der Waals surface area contributed by atoms with Gasteiger partial charge in [0.15, 0.2) is 0 Å². The number of urea groups is 1. The lowest BCUT2D eigenvalue weighted by molar-refractivity contribution is -0.135. The first-order chi connectivity index (χ1) is 15.3. The van der Waals surface area contributed by atoms with Gasteiger partial charge in [-0.15, -0.1) is 0 Å². The monoisotopic (exact) mass is 456 g/mol. The molecule has 0 fully saturated rings. The molecular weight excluding hydrogens is 435 g/mol. The zero-order valence-corrected chi connectivity index (χ0v) is 18.3. The van der Waals surface area contributed by atoms with Crippen molar-refractivity contribution < 1.29 is 18.8 Å². The molecule has 9 heteroatoms. The maximum absolute atomic E-state index is 13.4. The maximum Gasteiger partial charge on any atom is 0.322 e. The van der Waals surface area contributed by atoms with Crippen molar-refractivity contribution in [3.05, 3.63) is 81.8 Å². The highest BCUT2D eigenvalue weighted by molar-refractivity contribution is 6.31. The number of likely N-dealkylation sites (N-methyl/N-ethyl adjacent to an activating group) is 1. The summed E-state index contributed by atoms with van der Waals surface area (Å²) >= 11 is 6.34. The summed E-state index contributed by atoms with van der Waals surface area (Å²) < 4.78 is 13.1. The Bertz CT molecular complexity index is 1120. The van der Waals surface area contributed by atoms with Crippen LogP contribution >= 0.6 is 11.6 Å². The minimum Gasteiger partial charge on any atom is -0.350 e. The molecule has 0 saturated heterocycles. The first-order valence-corrected chi connectivity index (χ1v) is 10.5. The highest BCUT2D eigenvalue weighted by atomic mass is 35.5. The van der Waals surface area contributed by atoms with Crippen molar-refractivity contribution in [3.8, 4) is 0 Å². The van der Waals surface area contributed by atoms with E-state index >= 15 is 0 Å². The molecular formula is C23H22ClFN4O3. The van der Waals surface area contributed by atoms with Gasteiger partial charge in [0.1, 0.15) is 11.9 Å². The molecule has 2 N–H and O–H groups in total. The Kier molecular flexibility index (Phi) is 5.88. The van der Waals surface area contributed by atoms with E-state index < -0.39 is 12.1 Å². The van der Waals surface area contributed by atoms with Crippen LogP contribution in [0.15, 0.2) is 59.8 Å². The van der Waals surface area contributed by atoms with E-state index in [1.165, 1.54) is 21.9 Å². The molecule has 0 aliphatic carbocycles. The van der Waals surface area contributed by atoms with Gasteiger partial charge >= 0.3 is 6.03 Å². The first-order valence-electron chi connectivity index (χ1n) is 10.1. The largest absolute Gasteiger partial charge is 0.350 e. The second kappa shape index (κ2) is 8.63. The van der Waals surface area contributed by atoms with Gasteiger partial charge in [-0.1, -0.05) is 41.9 Å². The van der Waals surface area contributed by atoms with Crippen molar-refractivity contribution in [1.29, 1.82) is 0 Å². The summed E-state index contributed by atoms with van der Waals surface area (Å²) in [6.07, 6.45) is 0. The van der Waals surface area contributed by atoms with Gasteiger partial charge in [-0.05, 0) is 36.2 Å². The summed E-state index contributed by atoms with van der Waals surface area (Å²) in [7, 11) is 1.59. The van der Waals surface area contributed by atoms with Gasteiger partial charge in [0.2, 0.25) is 5.91 Å². The molecule has 2 aromatic rings. The van der Waals surface area contributed by atoms with E-state index in [-0.39, 0.29) is 36.8 Å². The number of benzene rings is 2. The molecule has 0 bridgehead atoms. The molecule has 0 aromatic heterocycles. The lowest BCUT2D eigenvalue weighted by Gasteiger charge is -2.31. The minimum absolute atomic E-state index is 0.129. The van der Waals surface area contributed by atoms with Crippen LogP contribution in [0.3, 0.4) is 0 Å². The van der Waals surface area contributed by atoms with Gasteiger partial charge in [-0.25, -0.2) is 9.18 Å². The van der Waals surface area contributed by atoms with E-state index in [0.29, 0.717) is 21.9 Å². The quantitative estimate of drug-likeness (QED) is 0.725. The maximum atomic E-state index is 13.4. The molecule has 0 unspecified atom stereocenters. The lowest BCUT2D eigenvalue weighted by atomic mass is 9.95. The van der Waals surface area contributed by atoms with Crippen molar-refractivity contribution in [2.24, 2.45) is 0 Å². The zero-order chi connectivity index (χ0) is 23.0. The third-order valence-electron chi connectivity index (χ3n) is 5.83. The normalized spacial score (nSPS) is 19.1. The molecule has 2 heterocycles. The van der Waals surface area contributed by atoms with E-state index in [1.54, 1.807) is 50.4 Å². The number of halogens is 2. The van der Waals surface area contributed by atoms with Gasteiger partial charge in [0, 0.05) is 18.6 Å². The average Bonchev–Trinajstić information content (AvgIpc) is 3.13. The highest BCUT2D eigenvalue weighted by Crippen LogP contribution is 2.38. The third kappa shape index (κ3) is 3.93. The van der Waals surface area contributed by atoms with Gasteiger partial charge in [0.25, 0.3) is 5.91 Å². The Morgan fingerprint density at radius 2 is 1.91 bits per heavy atom. The Hall–Kier alpha value is -3.39. The van der Waals surface area contributed by atoms with Crippen LogP contribution in [0.4, 0.5) is 9.18 Å². The fourth-order valence-electron chi connectivity index (χ4n) is 3.92. The van der Waals surface area contributed by atoms with Gasteiger partial charge < -0.3 is 15.5 Å². The molecule has 4 rings (SSSR count). The molecule has 166 valence electrons. The second-order valence-electron chi connectivity index (χ2n) is 7.78. The van der Waals surface area contributed by atoms with Gasteiger partial charge in [0.05, 0.1) is 23.9 Å². The number of hydrogen-bond acceptors (Lipinski definition) is 3. The zero-order valence-electron chi connectivity index (χ0n) is 17.6. The minimum atomic E-state index is -0.774. The SMILES string of the molecule is C[C@@H](C(=O)NCc1ccc(F)cc1)N1CC2=C(C1=O)[C@H](c1ccccc1Cl)NC(=O)N2C. The van der Waals surface area contributed by atoms with Crippen molar-refractivity contribution >= 4 is 29.4 Å². The van der Waals surface area contributed by atoms with Gasteiger partial charge in [-0.3, -0.25) is 14.5 Å². The van der Waals surface area contributed by atoms with Crippen molar-refractivity contribution in [3.63, 3.8) is 0 Å². The molecule has 7 nitrogen and oxygen atoms in total. The van der Waals surface area contributed by atoms with E-state index in [1.807, 2.05) is 0 Å². The molecule has 2 aromatic carbocycles. The predicted octanol–water partition coefficient (Wildman–Crippen LogP) is 2.98. The fraction of sp³-hybridized carbons (Fsp3) is 0.261. The third-order valence-corrected chi connectivity index (χ3v) is 6.18. The van der Waals surface area contributed by atoms with Crippen LogP contribution in [0.5, 0.6) is 0 Å². The number of nitrogens with one attached hydrogen (secondary N) is 2. The number of rotatable bonds is 5. The summed E-state index contributed by atoms with van der Waals surface area (Å²) in [5.74, 6) is -1.03. The van der Waals surface area contributed by atoms with E-state index in [9.17, 15) is 18.8 Å². The second-order valence-corrected chi connectivity index (χ2v) is 8.18. The van der Waals surface area contributed by atoms with Crippen LogP contribution in [-0.2, 0) is 16.1 Å². The van der Waals surface area contributed by atoms with Crippen molar-refractivity contribution in [1.82, 2.24) is 20.4 Å². The van der Waals surface area contributed by atoms with Crippen molar-refractivity contribution in [2.45, 2.75) is 25.6 Å². The summed E-state index contributed by atoms with van der Waals surface area (Å²) in [6, 6.07) is 11.0. The summed E-state index contributed by atoms with van der Waals surface area (Å²) in [4.78, 5) is 41.5. The summed E-state index contributed by atoms with van der Waals surface area (Å²) in [5, 5.41) is 6.04. The number of carbonyl (C=O) groups is 3. The molecule has 2 aliphatic heterocycles. The number of hydrogen-bond donors (Lipinski definition) is 2. The van der Waals surface area contributed by atoms with E-state index in [2.05, 4.69) is 10.6 Å². The Morgan fingerprint density at radius 1 is 1.22 bits per heavy atom. The molecule has 0 radical (unpaired) electrons. The van der Waals surface area contributed by atoms with Crippen LogP contribution in [0, 0.1) is 5.82 Å². The first kappa shape index (κ1) is 21.8. The summed E-state index contributed by atoms with van der Waals surface area (Å²) in [6.45, 7) is 1.97. The highest BCUT2D eigenvalue weighted by Gasteiger charge is 2.45. The van der Waals surface area contributed by atoms with Crippen LogP contribution in [-0.4, -0.2) is 47.3 Å². The Balaban J connectivity index is 1.53. The molecule has 0 spiro atoms. The number of amides is 4. The van der Waals surface area contributed by atoms with Crippen LogP contribution in [0.25, 0.3) is 0 Å². The van der Waals surface area contributed by atoms with Crippen LogP contribution < -0.4 is 10.6 Å². The van der Waals surface area contributed by atoms with Crippen LogP contribution in [0.2, 0.25) is 5.02 Å². The lowest BCUT2D eigenvalue weighted by Crippen LogP contribution is -2.46. The van der Waals surface area contributed by atoms with E-state index in [0.717, 1.165) is 5.56 Å². The molecule has 32 heavy (non-hydrogen) atoms. The topological polar surface area (TPSA) is 81.8 Å². The predicted molar refractivity (Wildman–Crippen MR) is 117 cm³/mol. The number of nitrogens with zero attached hydrogens (tertiary/aromatic N) is 2. The van der Waals surface area contributed by atoms with E-state index in [4.69, 9.17) is 11.6 Å². The Morgan fingerprint density at radius 3 is 2.59 bits per heavy atom. The average molecular weight is 457 g/mol. The Labute approximate surface area is 189 Å². The molecule has 0 saturated carbocycles. The summed E-state index contributed by atoms with van der Waals surface area (Å²) in [5.41, 5.74) is 2.30. The smallest absolute Gasteiger partial charge is 0.322 e. The standard InChI is InChI=1S/C23H22ClFN4O3/c1-13(21(30)26-11-14-7-9-15(25)10-8-14)29-12-18-19(22(29)31)20(27-23(32)28(18)2)16-5-3-4-6-17(16)24/h3-10,13,20H,11-12H2,1-2H3,(H,26,30)(H,27,32)/t13-,20-/m0/s1. The molecule has 2 atom stereocenters. The molecule has 2 aliphatic rings. The van der Waals surface area contributed by atoms with Crippen molar-refractivity contribution in [2.75, 3.05) is 13.6 Å². The number of carbonyl (C=O) groups excluding carboxylic acids is 3. The van der Waals surface area contributed by atoms with Crippen LogP contribution in [0.1, 0.15) is 24.1 Å². The molecule has 4 amide bonds. The fourth-order valence-corrected chi connectivity index (χ4v) is 4.17. The van der Waals surface area contributed by atoms with Gasteiger partial charge in [-0.2, -0.15) is 0 Å².